The Hall–Kier alpha value is -1.10. The summed E-state index contributed by atoms with van der Waals surface area (Å²) in [6.07, 6.45) is 1.63. The summed E-state index contributed by atoms with van der Waals surface area (Å²) in [6.45, 7) is 6.74. The molecule has 5 nitrogen and oxygen atoms in total. The van der Waals surface area contributed by atoms with Crippen molar-refractivity contribution in [3.63, 3.8) is 0 Å². The molecule has 104 valence electrons. The molecule has 0 aromatic rings. The molecule has 1 aliphatic heterocycles. The van der Waals surface area contributed by atoms with Gasteiger partial charge in [-0.1, -0.05) is 20.3 Å². The highest BCUT2D eigenvalue weighted by atomic mass is 16.5. The second-order valence-electron chi connectivity index (χ2n) is 4.98. The molecule has 3 atom stereocenters. The first-order chi connectivity index (χ1) is 8.52. The van der Waals surface area contributed by atoms with Gasteiger partial charge in [-0.15, -0.1) is 0 Å². The Kier molecular flexibility index (Phi) is 5.59. The third-order valence-electron chi connectivity index (χ3n) is 3.67. The molecule has 1 saturated heterocycles. The van der Waals surface area contributed by atoms with Crippen LogP contribution in [0.2, 0.25) is 0 Å². The number of methoxy groups -OCH3 is 1. The quantitative estimate of drug-likeness (QED) is 0.764. The topological polar surface area (TPSA) is 58.6 Å². The van der Waals surface area contributed by atoms with Crippen LogP contribution in [0.5, 0.6) is 0 Å². The molecule has 0 saturated carbocycles. The molecule has 1 rings (SSSR count). The number of ether oxygens (including phenoxy) is 1. The van der Waals surface area contributed by atoms with Gasteiger partial charge in [0, 0.05) is 19.8 Å². The van der Waals surface area contributed by atoms with Crippen LogP contribution in [-0.2, 0) is 14.3 Å². The smallest absolute Gasteiger partial charge is 0.243 e. The molecule has 0 aromatic heterocycles. The van der Waals surface area contributed by atoms with Gasteiger partial charge in [0.25, 0.3) is 0 Å². The van der Waals surface area contributed by atoms with E-state index in [2.05, 4.69) is 5.32 Å². The Balaban J connectivity index is 2.85. The minimum absolute atomic E-state index is 0.00324. The zero-order chi connectivity index (χ0) is 13.7. The Morgan fingerprint density at radius 1 is 1.44 bits per heavy atom. The van der Waals surface area contributed by atoms with E-state index in [1.54, 1.807) is 12.0 Å². The van der Waals surface area contributed by atoms with Crippen LogP contribution in [0.1, 0.15) is 33.6 Å². The lowest BCUT2D eigenvalue weighted by atomic mass is 9.93. The molecular formula is C13H24N2O3. The number of hydrogen-bond acceptors (Lipinski definition) is 3. The summed E-state index contributed by atoms with van der Waals surface area (Å²) in [7, 11) is 1.64. The van der Waals surface area contributed by atoms with Crippen LogP contribution in [0.4, 0.5) is 0 Å². The molecule has 0 radical (unpaired) electrons. The highest BCUT2D eigenvalue weighted by Gasteiger charge is 2.39. The molecule has 18 heavy (non-hydrogen) atoms. The summed E-state index contributed by atoms with van der Waals surface area (Å²) < 4.78 is 5.05. The fraction of sp³-hybridized carbons (Fsp3) is 0.846. The minimum Gasteiger partial charge on any atom is -0.385 e. The van der Waals surface area contributed by atoms with Gasteiger partial charge in [-0.3, -0.25) is 9.59 Å². The average molecular weight is 256 g/mol. The van der Waals surface area contributed by atoms with Gasteiger partial charge in [0.1, 0.15) is 6.04 Å². The van der Waals surface area contributed by atoms with Crippen LogP contribution in [0.15, 0.2) is 0 Å². The Morgan fingerprint density at radius 2 is 2.11 bits per heavy atom. The summed E-state index contributed by atoms with van der Waals surface area (Å²) in [5.74, 6) is 0.135. The van der Waals surface area contributed by atoms with Crippen LogP contribution >= 0.6 is 0 Å². The molecule has 2 amide bonds. The number of amides is 2. The van der Waals surface area contributed by atoms with Crippen molar-refractivity contribution in [1.82, 2.24) is 10.2 Å². The van der Waals surface area contributed by atoms with Crippen LogP contribution in [0.3, 0.4) is 0 Å². The van der Waals surface area contributed by atoms with Crippen molar-refractivity contribution in [3.05, 3.63) is 0 Å². The molecule has 1 N–H and O–H groups in total. The Bertz CT molecular complexity index is 307. The normalized spacial score (nSPS) is 23.8. The van der Waals surface area contributed by atoms with Crippen LogP contribution in [0, 0.1) is 5.92 Å². The maximum Gasteiger partial charge on any atom is 0.243 e. The summed E-state index contributed by atoms with van der Waals surface area (Å²) >= 11 is 0. The molecular weight excluding hydrogens is 232 g/mol. The lowest BCUT2D eigenvalue weighted by molar-refractivity contribution is -0.150. The van der Waals surface area contributed by atoms with Crippen molar-refractivity contribution in [2.45, 2.75) is 45.7 Å². The van der Waals surface area contributed by atoms with Crippen molar-refractivity contribution in [3.8, 4) is 0 Å². The number of carbonyl (C=O) groups excluding carboxylic acids is 2. The first-order valence-electron chi connectivity index (χ1n) is 6.60. The predicted molar refractivity (Wildman–Crippen MR) is 69.1 cm³/mol. The number of piperazine rings is 1. The van der Waals surface area contributed by atoms with E-state index >= 15 is 0 Å². The molecule has 0 spiro atoms. The molecule has 1 fully saturated rings. The Labute approximate surface area is 109 Å². The monoisotopic (exact) mass is 256 g/mol. The van der Waals surface area contributed by atoms with Gasteiger partial charge >= 0.3 is 0 Å². The molecule has 0 aromatic carbocycles. The van der Waals surface area contributed by atoms with Gasteiger partial charge in [-0.05, 0) is 19.3 Å². The van der Waals surface area contributed by atoms with E-state index in [1.807, 2.05) is 20.8 Å². The van der Waals surface area contributed by atoms with Crippen molar-refractivity contribution in [1.29, 1.82) is 0 Å². The minimum atomic E-state index is -0.344. The van der Waals surface area contributed by atoms with Gasteiger partial charge in [0.15, 0.2) is 0 Å². The third-order valence-corrected chi connectivity index (χ3v) is 3.67. The maximum atomic E-state index is 12.0. The number of carbonyl (C=O) groups is 2. The van der Waals surface area contributed by atoms with E-state index in [4.69, 9.17) is 4.74 Å². The lowest BCUT2D eigenvalue weighted by Crippen LogP contribution is -2.63. The largest absolute Gasteiger partial charge is 0.385 e. The van der Waals surface area contributed by atoms with E-state index in [0.717, 1.165) is 12.8 Å². The summed E-state index contributed by atoms with van der Waals surface area (Å²) in [5, 5.41) is 2.68. The molecule has 5 heteroatoms. The molecule has 3 unspecified atom stereocenters. The lowest BCUT2D eigenvalue weighted by Gasteiger charge is -2.41. The fourth-order valence-corrected chi connectivity index (χ4v) is 2.34. The van der Waals surface area contributed by atoms with Gasteiger partial charge in [-0.25, -0.2) is 0 Å². The summed E-state index contributed by atoms with van der Waals surface area (Å²) in [5.41, 5.74) is 0. The van der Waals surface area contributed by atoms with Crippen LogP contribution in [-0.4, -0.2) is 49.1 Å². The van der Waals surface area contributed by atoms with E-state index in [0.29, 0.717) is 6.61 Å². The van der Waals surface area contributed by atoms with Crippen molar-refractivity contribution in [2.75, 3.05) is 20.3 Å². The summed E-state index contributed by atoms with van der Waals surface area (Å²) in [6, 6.07) is -0.314. The van der Waals surface area contributed by atoms with E-state index in [-0.39, 0.29) is 36.4 Å². The van der Waals surface area contributed by atoms with Crippen molar-refractivity contribution < 1.29 is 14.3 Å². The Morgan fingerprint density at radius 3 is 2.67 bits per heavy atom. The standard InChI is InChI=1S/C13H24N2O3/c1-5-9(2)12-13(17)14-8-11(16)15(12)10(3)6-7-18-4/h9-10,12H,5-8H2,1-4H3,(H,14,17). The molecule has 0 bridgehead atoms. The second kappa shape index (κ2) is 6.73. The zero-order valence-corrected chi connectivity index (χ0v) is 11.7. The van der Waals surface area contributed by atoms with E-state index in [9.17, 15) is 9.59 Å². The number of hydrogen-bond donors (Lipinski definition) is 1. The zero-order valence-electron chi connectivity index (χ0n) is 11.7. The molecule has 0 aliphatic carbocycles. The number of nitrogens with zero attached hydrogens (tertiary/aromatic N) is 1. The van der Waals surface area contributed by atoms with Gasteiger partial charge < -0.3 is 15.0 Å². The average Bonchev–Trinajstić information content (AvgIpc) is 2.37. The first kappa shape index (κ1) is 15.0. The summed E-state index contributed by atoms with van der Waals surface area (Å²) in [4.78, 5) is 25.8. The van der Waals surface area contributed by atoms with E-state index < -0.39 is 0 Å². The SMILES string of the molecule is CCC(C)C1C(=O)NCC(=O)N1C(C)CCOC. The first-order valence-corrected chi connectivity index (χ1v) is 6.60. The van der Waals surface area contributed by atoms with Gasteiger partial charge in [0.2, 0.25) is 11.8 Å². The third kappa shape index (κ3) is 3.22. The molecule has 1 heterocycles. The van der Waals surface area contributed by atoms with Gasteiger partial charge in [0.05, 0.1) is 6.54 Å². The maximum absolute atomic E-state index is 12.0. The van der Waals surface area contributed by atoms with Crippen LogP contribution < -0.4 is 5.32 Å². The fourth-order valence-electron chi connectivity index (χ4n) is 2.34. The number of nitrogens with one attached hydrogen (secondary N) is 1. The number of rotatable bonds is 6. The van der Waals surface area contributed by atoms with Crippen molar-refractivity contribution >= 4 is 11.8 Å². The second-order valence-corrected chi connectivity index (χ2v) is 4.98. The van der Waals surface area contributed by atoms with Crippen molar-refractivity contribution in [2.24, 2.45) is 5.92 Å². The van der Waals surface area contributed by atoms with E-state index in [1.165, 1.54) is 0 Å². The molecule has 1 aliphatic rings. The predicted octanol–water partition coefficient (Wildman–Crippen LogP) is 0.785. The highest BCUT2D eigenvalue weighted by Crippen LogP contribution is 2.21. The van der Waals surface area contributed by atoms with Crippen LogP contribution in [0.25, 0.3) is 0 Å². The van der Waals surface area contributed by atoms with Gasteiger partial charge in [-0.2, -0.15) is 0 Å². The highest BCUT2D eigenvalue weighted by molar-refractivity contribution is 5.95.